The molecule has 0 aliphatic rings. The fourth-order valence-corrected chi connectivity index (χ4v) is 2.71. The number of hydrogen-bond acceptors (Lipinski definition) is 5. The first-order valence-corrected chi connectivity index (χ1v) is 8.35. The Kier molecular flexibility index (Phi) is 5.21. The Morgan fingerprint density at radius 3 is 2.56 bits per heavy atom. The van der Waals surface area contributed by atoms with Gasteiger partial charge in [0.25, 0.3) is 0 Å². The van der Waals surface area contributed by atoms with Crippen molar-refractivity contribution in [2.45, 2.75) is 13.3 Å². The van der Waals surface area contributed by atoms with Gasteiger partial charge in [-0.2, -0.15) is 0 Å². The first-order chi connectivity index (χ1) is 13.0. The lowest BCUT2D eigenvalue weighted by atomic mass is 10.1. The summed E-state index contributed by atoms with van der Waals surface area (Å²) in [6.45, 7) is 1.99. The van der Waals surface area contributed by atoms with Gasteiger partial charge in [-0.05, 0) is 36.6 Å². The van der Waals surface area contributed by atoms with Crippen molar-refractivity contribution in [2.24, 2.45) is 0 Å². The number of benzene rings is 2. The van der Waals surface area contributed by atoms with Crippen LogP contribution in [0.3, 0.4) is 0 Å². The zero-order valence-electron chi connectivity index (χ0n) is 14.6. The van der Waals surface area contributed by atoms with Gasteiger partial charge in [0.15, 0.2) is 5.58 Å². The summed E-state index contributed by atoms with van der Waals surface area (Å²) < 4.78 is 5.11. The van der Waals surface area contributed by atoms with Crippen LogP contribution in [0.15, 0.2) is 57.7 Å². The smallest absolute Gasteiger partial charge is 0.336 e. The van der Waals surface area contributed by atoms with Crippen molar-refractivity contribution in [3.63, 3.8) is 0 Å². The molecule has 7 nitrogen and oxygen atoms in total. The van der Waals surface area contributed by atoms with Gasteiger partial charge >= 0.3 is 17.4 Å². The van der Waals surface area contributed by atoms with Crippen LogP contribution in [-0.2, 0) is 16.0 Å². The minimum atomic E-state index is -0.963. The Hall–Kier alpha value is -3.61. The summed E-state index contributed by atoms with van der Waals surface area (Å²) in [7, 11) is 0. The number of carbonyl (C=O) groups is 2. The molecule has 3 rings (SSSR count). The number of amides is 2. The molecular weight excluding hydrogens is 348 g/mol. The van der Waals surface area contributed by atoms with Gasteiger partial charge in [-0.3, -0.25) is 9.59 Å². The fraction of sp³-hybridized carbons (Fsp3) is 0.150. The lowest BCUT2D eigenvalue weighted by Gasteiger charge is -2.11. The molecule has 3 aromatic rings. The van der Waals surface area contributed by atoms with Crippen LogP contribution in [0.2, 0.25) is 0 Å². The third-order valence-corrected chi connectivity index (χ3v) is 4.08. The SMILES string of the molecule is Cc1cc(=O)oc2c(NC(=O)C(=O)NCCc3ccccc3)c(O)ccc12. The largest absolute Gasteiger partial charge is 0.506 e. The summed E-state index contributed by atoms with van der Waals surface area (Å²) in [5.41, 5.74) is 0.946. The number of aryl methyl sites for hydroxylation is 1. The van der Waals surface area contributed by atoms with Crippen molar-refractivity contribution in [2.75, 3.05) is 11.9 Å². The zero-order valence-corrected chi connectivity index (χ0v) is 14.6. The van der Waals surface area contributed by atoms with Crippen molar-refractivity contribution >= 4 is 28.5 Å². The summed E-state index contributed by atoms with van der Waals surface area (Å²) in [5, 5.41) is 15.4. The Bertz CT molecular complexity index is 1060. The van der Waals surface area contributed by atoms with Gasteiger partial charge in [0.1, 0.15) is 11.4 Å². The molecule has 0 fully saturated rings. The number of anilines is 1. The quantitative estimate of drug-likeness (QED) is 0.372. The first kappa shape index (κ1) is 18.2. The maximum atomic E-state index is 12.2. The Labute approximate surface area is 154 Å². The van der Waals surface area contributed by atoms with Gasteiger partial charge in [0.2, 0.25) is 0 Å². The third-order valence-electron chi connectivity index (χ3n) is 4.08. The van der Waals surface area contributed by atoms with Gasteiger partial charge in [-0.15, -0.1) is 0 Å². The van der Waals surface area contributed by atoms with Crippen LogP contribution < -0.4 is 16.3 Å². The lowest BCUT2D eigenvalue weighted by Crippen LogP contribution is -2.36. The normalized spacial score (nSPS) is 10.6. The van der Waals surface area contributed by atoms with Crippen molar-refractivity contribution in [1.82, 2.24) is 5.32 Å². The van der Waals surface area contributed by atoms with E-state index in [-0.39, 0.29) is 23.6 Å². The van der Waals surface area contributed by atoms with E-state index in [0.29, 0.717) is 17.4 Å². The van der Waals surface area contributed by atoms with E-state index >= 15 is 0 Å². The van der Waals surface area contributed by atoms with E-state index in [1.807, 2.05) is 30.3 Å². The van der Waals surface area contributed by atoms with Crippen molar-refractivity contribution in [3.8, 4) is 5.75 Å². The second-order valence-corrected chi connectivity index (χ2v) is 6.03. The summed E-state index contributed by atoms with van der Waals surface area (Å²) in [5.74, 6) is -2.12. The van der Waals surface area contributed by atoms with Crippen LogP contribution >= 0.6 is 0 Å². The predicted molar refractivity (Wildman–Crippen MR) is 101 cm³/mol. The van der Waals surface area contributed by atoms with Gasteiger partial charge in [0, 0.05) is 18.0 Å². The third kappa shape index (κ3) is 4.14. The number of aromatic hydroxyl groups is 1. The van der Waals surface area contributed by atoms with E-state index < -0.39 is 17.4 Å². The molecule has 0 aliphatic heterocycles. The first-order valence-electron chi connectivity index (χ1n) is 8.35. The fourth-order valence-electron chi connectivity index (χ4n) is 2.71. The highest BCUT2D eigenvalue weighted by molar-refractivity contribution is 6.40. The summed E-state index contributed by atoms with van der Waals surface area (Å²) in [4.78, 5) is 35.8. The lowest BCUT2D eigenvalue weighted by molar-refractivity contribution is -0.136. The molecular formula is C20H18N2O5. The highest BCUT2D eigenvalue weighted by atomic mass is 16.4. The maximum absolute atomic E-state index is 12.2. The molecule has 0 saturated heterocycles. The molecule has 7 heteroatoms. The molecule has 0 unspecified atom stereocenters. The Balaban J connectivity index is 1.72. The number of phenolic OH excluding ortho intramolecular Hbond substituents is 1. The number of fused-ring (bicyclic) bond motifs is 1. The zero-order chi connectivity index (χ0) is 19.4. The molecule has 3 N–H and O–H groups in total. The molecule has 1 heterocycles. The van der Waals surface area contributed by atoms with E-state index in [4.69, 9.17) is 4.42 Å². The average Bonchev–Trinajstić information content (AvgIpc) is 2.64. The summed E-state index contributed by atoms with van der Waals surface area (Å²) >= 11 is 0. The van der Waals surface area contributed by atoms with Crippen molar-refractivity contribution in [1.29, 1.82) is 0 Å². The van der Waals surface area contributed by atoms with E-state index in [1.165, 1.54) is 12.1 Å². The topological polar surface area (TPSA) is 109 Å². The number of nitrogens with one attached hydrogen (secondary N) is 2. The van der Waals surface area contributed by atoms with Crippen molar-refractivity contribution < 1.29 is 19.1 Å². The minimum absolute atomic E-state index is 0.0189. The highest BCUT2D eigenvalue weighted by Crippen LogP contribution is 2.32. The summed E-state index contributed by atoms with van der Waals surface area (Å²) in [6.07, 6.45) is 0.577. The molecule has 0 spiro atoms. The monoisotopic (exact) mass is 366 g/mol. The highest BCUT2D eigenvalue weighted by Gasteiger charge is 2.19. The average molecular weight is 366 g/mol. The Morgan fingerprint density at radius 1 is 1.07 bits per heavy atom. The molecule has 0 atom stereocenters. The van der Waals surface area contributed by atoms with E-state index in [1.54, 1.807) is 13.0 Å². The molecule has 0 bridgehead atoms. The molecule has 27 heavy (non-hydrogen) atoms. The van der Waals surface area contributed by atoms with E-state index in [2.05, 4.69) is 10.6 Å². The van der Waals surface area contributed by atoms with E-state index in [0.717, 1.165) is 5.56 Å². The molecule has 0 radical (unpaired) electrons. The molecule has 0 aliphatic carbocycles. The maximum Gasteiger partial charge on any atom is 0.336 e. The number of hydrogen-bond donors (Lipinski definition) is 3. The minimum Gasteiger partial charge on any atom is -0.506 e. The van der Waals surface area contributed by atoms with Crippen LogP contribution in [0, 0.1) is 6.92 Å². The molecule has 138 valence electrons. The van der Waals surface area contributed by atoms with Crippen LogP contribution in [0.4, 0.5) is 5.69 Å². The molecule has 2 aromatic carbocycles. The van der Waals surface area contributed by atoms with Gasteiger partial charge in [-0.1, -0.05) is 30.3 Å². The number of rotatable bonds is 4. The number of phenols is 1. The van der Waals surface area contributed by atoms with Gasteiger partial charge < -0.3 is 20.2 Å². The number of carbonyl (C=O) groups excluding carboxylic acids is 2. The molecule has 1 aromatic heterocycles. The second kappa shape index (κ2) is 7.74. The van der Waals surface area contributed by atoms with Gasteiger partial charge in [-0.25, -0.2) is 4.79 Å². The van der Waals surface area contributed by atoms with Crippen LogP contribution in [-0.4, -0.2) is 23.5 Å². The van der Waals surface area contributed by atoms with E-state index in [9.17, 15) is 19.5 Å². The van der Waals surface area contributed by atoms with Crippen LogP contribution in [0.5, 0.6) is 5.75 Å². The molecule has 0 saturated carbocycles. The van der Waals surface area contributed by atoms with Gasteiger partial charge in [0.05, 0.1) is 0 Å². The van der Waals surface area contributed by atoms with Crippen LogP contribution in [0.25, 0.3) is 11.0 Å². The summed E-state index contributed by atoms with van der Waals surface area (Å²) in [6, 6.07) is 13.8. The Morgan fingerprint density at radius 2 is 1.81 bits per heavy atom. The molecule has 2 amide bonds. The van der Waals surface area contributed by atoms with Crippen molar-refractivity contribution in [3.05, 3.63) is 70.1 Å². The standard InChI is InChI=1S/C20H18N2O5/c1-12-11-16(24)27-18-14(12)7-8-15(23)17(18)22-20(26)19(25)21-10-9-13-5-3-2-4-6-13/h2-8,11,23H,9-10H2,1H3,(H,21,25)(H,22,26). The predicted octanol–water partition coefficient (Wildman–Crippen LogP) is 2.10. The van der Waals surface area contributed by atoms with Crippen LogP contribution in [0.1, 0.15) is 11.1 Å². The second-order valence-electron chi connectivity index (χ2n) is 6.03.